The lowest BCUT2D eigenvalue weighted by atomic mass is 10.1. The molecule has 0 aliphatic carbocycles. The first-order valence-corrected chi connectivity index (χ1v) is 8.67. The van der Waals surface area contributed by atoms with Crippen molar-refractivity contribution in [2.75, 3.05) is 26.8 Å². The minimum absolute atomic E-state index is 0.362. The summed E-state index contributed by atoms with van der Waals surface area (Å²) in [5, 5.41) is 10.5. The van der Waals surface area contributed by atoms with Crippen molar-refractivity contribution < 1.29 is 9.84 Å². The average molecular weight is 327 g/mol. The lowest BCUT2D eigenvalue weighted by Crippen LogP contribution is -2.34. The monoisotopic (exact) mass is 327 g/mol. The number of hydrogen-bond donors (Lipinski definition) is 1. The van der Waals surface area contributed by atoms with Gasteiger partial charge in [0.25, 0.3) is 0 Å². The van der Waals surface area contributed by atoms with E-state index in [1.165, 1.54) is 16.7 Å². The van der Waals surface area contributed by atoms with E-state index in [-0.39, 0.29) is 6.10 Å². The molecule has 2 rings (SSSR count). The third kappa shape index (κ3) is 6.44. The second kappa shape index (κ2) is 10.2. The molecule has 0 saturated heterocycles. The van der Waals surface area contributed by atoms with E-state index in [0.717, 1.165) is 26.1 Å². The lowest BCUT2D eigenvalue weighted by Gasteiger charge is -2.26. The molecule has 2 aromatic carbocycles. The second-order valence-electron chi connectivity index (χ2n) is 6.35. The Morgan fingerprint density at radius 3 is 2.46 bits per heavy atom. The summed E-state index contributed by atoms with van der Waals surface area (Å²) in [4.78, 5) is 2.33. The van der Waals surface area contributed by atoms with Gasteiger partial charge in [-0.2, -0.15) is 0 Å². The van der Waals surface area contributed by atoms with E-state index in [9.17, 15) is 5.11 Å². The zero-order valence-corrected chi connectivity index (χ0v) is 14.8. The van der Waals surface area contributed by atoms with Gasteiger partial charge < -0.3 is 9.84 Å². The number of ether oxygens (including phenoxy) is 1. The predicted molar refractivity (Wildman–Crippen MR) is 99.1 cm³/mol. The van der Waals surface area contributed by atoms with Crippen molar-refractivity contribution in [3.8, 4) is 0 Å². The van der Waals surface area contributed by atoms with Crippen LogP contribution >= 0.6 is 0 Å². The van der Waals surface area contributed by atoms with Crippen molar-refractivity contribution in [1.82, 2.24) is 4.90 Å². The van der Waals surface area contributed by atoms with Crippen molar-refractivity contribution in [2.45, 2.75) is 32.4 Å². The number of rotatable bonds is 10. The Balaban J connectivity index is 1.95. The molecular weight excluding hydrogens is 298 g/mol. The molecule has 0 saturated carbocycles. The van der Waals surface area contributed by atoms with Gasteiger partial charge in [-0.25, -0.2) is 0 Å². The van der Waals surface area contributed by atoms with Crippen molar-refractivity contribution in [3.05, 3.63) is 71.3 Å². The molecule has 0 aliphatic heterocycles. The Labute approximate surface area is 145 Å². The summed E-state index contributed by atoms with van der Waals surface area (Å²) in [7, 11) is 1.73. The molecule has 3 heteroatoms. The molecule has 1 N–H and O–H groups in total. The van der Waals surface area contributed by atoms with E-state index in [1.807, 2.05) is 18.2 Å². The highest BCUT2D eigenvalue weighted by molar-refractivity contribution is 5.25. The smallest absolute Gasteiger partial charge is 0.0707 e. The van der Waals surface area contributed by atoms with Gasteiger partial charge in [0.15, 0.2) is 0 Å². The van der Waals surface area contributed by atoms with Gasteiger partial charge in [-0.1, -0.05) is 54.6 Å². The SMILES string of the molecule is COCCCN(Cc1ccccc1C)C[C@@H](O)Cc1ccccc1. The molecule has 0 bridgehead atoms. The molecule has 0 spiro atoms. The highest BCUT2D eigenvalue weighted by atomic mass is 16.5. The fraction of sp³-hybridized carbons (Fsp3) is 0.429. The fourth-order valence-electron chi connectivity index (χ4n) is 2.94. The number of benzene rings is 2. The van der Waals surface area contributed by atoms with Gasteiger partial charge in [0.05, 0.1) is 6.10 Å². The van der Waals surface area contributed by atoms with Crippen LogP contribution in [0.5, 0.6) is 0 Å². The number of aryl methyl sites for hydroxylation is 1. The van der Waals surface area contributed by atoms with Crippen LogP contribution in [0.1, 0.15) is 23.1 Å². The van der Waals surface area contributed by atoms with Crippen LogP contribution in [-0.4, -0.2) is 42.9 Å². The number of aliphatic hydroxyl groups excluding tert-OH is 1. The molecule has 130 valence electrons. The third-order valence-corrected chi connectivity index (χ3v) is 4.26. The molecule has 0 amide bonds. The summed E-state index contributed by atoms with van der Waals surface area (Å²) in [6, 6.07) is 18.6. The molecule has 2 aromatic rings. The van der Waals surface area contributed by atoms with Crippen molar-refractivity contribution in [2.24, 2.45) is 0 Å². The Hall–Kier alpha value is -1.68. The molecule has 0 heterocycles. The van der Waals surface area contributed by atoms with Crippen molar-refractivity contribution in [3.63, 3.8) is 0 Å². The molecule has 0 aliphatic rings. The largest absolute Gasteiger partial charge is 0.391 e. The van der Waals surface area contributed by atoms with Crippen molar-refractivity contribution in [1.29, 1.82) is 0 Å². The molecule has 0 radical (unpaired) electrons. The topological polar surface area (TPSA) is 32.7 Å². The highest BCUT2D eigenvalue weighted by Gasteiger charge is 2.13. The number of hydrogen-bond acceptors (Lipinski definition) is 3. The van der Waals surface area contributed by atoms with Gasteiger partial charge in [-0.05, 0) is 36.5 Å². The van der Waals surface area contributed by atoms with Crippen LogP contribution < -0.4 is 0 Å². The summed E-state index contributed by atoms with van der Waals surface area (Å²) in [6.45, 7) is 5.35. The maximum absolute atomic E-state index is 10.5. The lowest BCUT2D eigenvalue weighted by molar-refractivity contribution is 0.0993. The molecule has 24 heavy (non-hydrogen) atoms. The van der Waals surface area contributed by atoms with Crippen LogP contribution in [0.4, 0.5) is 0 Å². The van der Waals surface area contributed by atoms with Gasteiger partial charge >= 0.3 is 0 Å². The molecule has 3 nitrogen and oxygen atoms in total. The van der Waals surface area contributed by atoms with E-state index in [1.54, 1.807) is 7.11 Å². The quantitative estimate of drug-likeness (QED) is 0.679. The number of aliphatic hydroxyl groups is 1. The standard InChI is InChI=1S/C21H29NO2/c1-18-9-6-7-12-20(18)16-22(13-8-14-24-2)17-21(23)15-19-10-4-3-5-11-19/h3-7,9-12,21,23H,8,13-17H2,1-2H3/t21-/m0/s1. The van der Waals surface area contributed by atoms with Gasteiger partial charge in [0.2, 0.25) is 0 Å². The van der Waals surface area contributed by atoms with E-state index >= 15 is 0 Å². The van der Waals surface area contributed by atoms with Crippen LogP contribution in [-0.2, 0) is 17.7 Å². The number of methoxy groups -OCH3 is 1. The Kier molecular flexibility index (Phi) is 7.96. The summed E-state index contributed by atoms with van der Waals surface area (Å²) >= 11 is 0. The average Bonchev–Trinajstić information content (AvgIpc) is 2.58. The first-order valence-electron chi connectivity index (χ1n) is 8.67. The van der Waals surface area contributed by atoms with E-state index in [2.05, 4.69) is 48.2 Å². The Bertz CT molecular complexity index is 585. The van der Waals surface area contributed by atoms with Gasteiger partial charge in [0, 0.05) is 33.4 Å². The maximum Gasteiger partial charge on any atom is 0.0707 e. The summed E-state index contributed by atoms with van der Waals surface area (Å²) in [6.07, 6.45) is 1.30. The molecule has 0 aromatic heterocycles. The van der Waals surface area contributed by atoms with Gasteiger partial charge in [0.1, 0.15) is 0 Å². The third-order valence-electron chi connectivity index (χ3n) is 4.26. The highest BCUT2D eigenvalue weighted by Crippen LogP contribution is 2.12. The first kappa shape index (κ1) is 18.7. The fourth-order valence-corrected chi connectivity index (χ4v) is 2.94. The minimum atomic E-state index is -0.362. The second-order valence-corrected chi connectivity index (χ2v) is 6.35. The summed E-state index contributed by atoms with van der Waals surface area (Å²) in [5.74, 6) is 0. The number of nitrogens with zero attached hydrogens (tertiary/aromatic N) is 1. The molecular formula is C21H29NO2. The Morgan fingerprint density at radius 1 is 1.04 bits per heavy atom. The minimum Gasteiger partial charge on any atom is -0.391 e. The Morgan fingerprint density at radius 2 is 1.75 bits per heavy atom. The van der Waals surface area contributed by atoms with Crippen LogP contribution in [0.15, 0.2) is 54.6 Å². The van der Waals surface area contributed by atoms with Crippen LogP contribution in [0.3, 0.4) is 0 Å². The summed E-state index contributed by atoms with van der Waals surface area (Å²) < 4.78 is 5.18. The van der Waals surface area contributed by atoms with Crippen molar-refractivity contribution >= 4 is 0 Å². The zero-order chi connectivity index (χ0) is 17.2. The van der Waals surface area contributed by atoms with E-state index in [4.69, 9.17) is 4.74 Å². The van der Waals surface area contributed by atoms with E-state index in [0.29, 0.717) is 13.0 Å². The molecule has 0 fully saturated rings. The molecule has 1 atom stereocenters. The van der Waals surface area contributed by atoms with Crippen LogP contribution in [0, 0.1) is 6.92 Å². The normalized spacial score (nSPS) is 12.5. The first-order chi connectivity index (χ1) is 11.7. The molecule has 0 unspecified atom stereocenters. The maximum atomic E-state index is 10.5. The summed E-state index contributed by atoms with van der Waals surface area (Å²) in [5.41, 5.74) is 3.80. The van der Waals surface area contributed by atoms with Gasteiger partial charge in [-0.3, -0.25) is 4.90 Å². The predicted octanol–water partition coefficient (Wildman–Crippen LogP) is 3.44. The van der Waals surface area contributed by atoms with Crippen LogP contribution in [0.25, 0.3) is 0 Å². The van der Waals surface area contributed by atoms with E-state index < -0.39 is 0 Å². The van der Waals surface area contributed by atoms with Crippen LogP contribution in [0.2, 0.25) is 0 Å². The van der Waals surface area contributed by atoms with Gasteiger partial charge in [-0.15, -0.1) is 0 Å². The zero-order valence-electron chi connectivity index (χ0n) is 14.8.